The number of aromatic nitrogens is 2. The molecule has 2 N–H and O–H groups in total. The first kappa shape index (κ1) is 9.90. The maximum absolute atomic E-state index is 6.11. The molecule has 1 aliphatic rings. The average Bonchev–Trinajstić information content (AvgIpc) is 3.03. The molecule has 0 bridgehead atoms. The predicted octanol–water partition coefficient (Wildman–Crippen LogP) is 3.23. The first-order chi connectivity index (χ1) is 7.75. The topological polar surface area (TPSA) is 43.8 Å². The monoisotopic (exact) mass is 277 g/mol. The van der Waals surface area contributed by atoms with Gasteiger partial charge in [0.25, 0.3) is 0 Å². The van der Waals surface area contributed by atoms with E-state index in [-0.39, 0.29) is 0 Å². The Balaban J connectivity index is 2.06. The van der Waals surface area contributed by atoms with Crippen LogP contribution < -0.4 is 5.73 Å². The third kappa shape index (κ3) is 1.63. The summed E-state index contributed by atoms with van der Waals surface area (Å²) in [6, 6.07) is 8.64. The summed E-state index contributed by atoms with van der Waals surface area (Å²) in [5, 5.41) is 0. The third-order valence-corrected chi connectivity index (χ3v) is 3.36. The molecule has 0 radical (unpaired) electrons. The summed E-state index contributed by atoms with van der Waals surface area (Å²) < 4.78 is 3.13. The molecule has 16 heavy (non-hydrogen) atoms. The van der Waals surface area contributed by atoms with Gasteiger partial charge in [-0.15, -0.1) is 0 Å². The second kappa shape index (κ2) is 3.63. The van der Waals surface area contributed by atoms with Crippen LogP contribution in [0.2, 0.25) is 0 Å². The van der Waals surface area contributed by atoms with E-state index in [1.54, 1.807) is 0 Å². The molecule has 3 nitrogen and oxygen atoms in total. The maximum Gasteiger partial charge on any atom is 0.131 e. The summed E-state index contributed by atoms with van der Waals surface area (Å²) in [6.45, 7) is 0. The number of nitrogen functional groups attached to an aromatic ring is 1. The van der Waals surface area contributed by atoms with Crippen LogP contribution in [0, 0.1) is 0 Å². The summed E-state index contributed by atoms with van der Waals surface area (Å²) >= 11 is 3.46. The standard InChI is InChI=1S/C12H12BrN3/c13-9-3-1-2-8(6-9)11-12(14)16(7-15-11)10-4-5-10/h1-3,6-7,10H,4-5,14H2. The molecule has 2 aromatic rings. The highest BCUT2D eigenvalue weighted by molar-refractivity contribution is 9.10. The van der Waals surface area contributed by atoms with Gasteiger partial charge in [-0.2, -0.15) is 0 Å². The molecular formula is C12H12BrN3. The average molecular weight is 278 g/mol. The van der Waals surface area contributed by atoms with Gasteiger partial charge in [0.05, 0.1) is 6.33 Å². The van der Waals surface area contributed by atoms with E-state index in [2.05, 4.69) is 25.5 Å². The van der Waals surface area contributed by atoms with Crippen molar-refractivity contribution in [3.05, 3.63) is 35.1 Å². The zero-order valence-corrected chi connectivity index (χ0v) is 10.3. The van der Waals surface area contributed by atoms with Crippen molar-refractivity contribution in [3.63, 3.8) is 0 Å². The van der Waals surface area contributed by atoms with Gasteiger partial charge >= 0.3 is 0 Å². The van der Waals surface area contributed by atoms with Gasteiger partial charge in [-0.1, -0.05) is 28.1 Å². The number of nitrogens with two attached hydrogens (primary N) is 1. The van der Waals surface area contributed by atoms with Gasteiger partial charge < -0.3 is 10.3 Å². The van der Waals surface area contributed by atoms with Crippen LogP contribution in [0.4, 0.5) is 5.82 Å². The van der Waals surface area contributed by atoms with E-state index in [9.17, 15) is 0 Å². The Kier molecular flexibility index (Phi) is 2.24. The van der Waals surface area contributed by atoms with Crippen molar-refractivity contribution in [2.45, 2.75) is 18.9 Å². The number of hydrogen-bond donors (Lipinski definition) is 1. The summed E-state index contributed by atoms with van der Waals surface area (Å²) in [5.74, 6) is 0.778. The Morgan fingerprint density at radius 3 is 2.88 bits per heavy atom. The highest BCUT2D eigenvalue weighted by atomic mass is 79.9. The predicted molar refractivity (Wildman–Crippen MR) is 68.0 cm³/mol. The zero-order valence-electron chi connectivity index (χ0n) is 8.73. The van der Waals surface area contributed by atoms with E-state index in [0.717, 1.165) is 21.5 Å². The summed E-state index contributed by atoms with van der Waals surface area (Å²) in [7, 11) is 0. The van der Waals surface area contributed by atoms with Crippen LogP contribution in [-0.2, 0) is 0 Å². The number of imidazole rings is 1. The lowest BCUT2D eigenvalue weighted by atomic mass is 10.1. The number of rotatable bonds is 2. The molecule has 3 rings (SSSR count). The van der Waals surface area contributed by atoms with Crippen molar-refractivity contribution in [1.29, 1.82) is 0 Å². The number of hydrogen-bond acceptors (Lipinski definition) is 2. The fourth-order valence-corrected chi connectivity index (χ4v) is 2.27. The molecule has 0 aliphatic heterocycles. The first-order valence-electron chi connectivity index (χ1n) is 5.34. The molecule has 1 heterocycles. The molecule has 1 fully saturated rings. The molecule has 1 aliphatic carbocycles. The minimum atomic E-state index is 0.577. The van der Waals surface area contributed by atoms with E-state index in [0.29, 0.717) is 6.04 Å². The van der Waals surface area contributed by atoms with Gasteiger partial charge in [0.1, 0.15) is 11.5 Å². The Hall–Kier alpha value is -1.29. The molecule has 0 amide bonds. The van der Waals surface area contributed by atoms with Crippen molar-refractivity contribution >= 4 is 21.7 Å². The molecule has 0 saturated heterocycles. The number of anilines is 1. The molecule has 0 unspecified atom stereocenters. The molecule has 1 aromatic carbocycles. The van der Waals surface area contributed by atoms with Gasteiger partial charge in [-0.3, -0.25) is 0 Å². The Morgan fingerprint density at radius 2 is 2.19 bits per heavy atom. The zero-order chi connectivity index (χ0) is 11.1. The largest absolute Gasteiger partial charge is 0.383 e. The number of nitrogens with zero attached hydrogens (tertiary/aromatic N) is 2. The van der Waals surface area contributed by atoms with E-state index in [1.165, 1.54) is 12.8 Å². The van der Waals surface area contributed by atoms with Crippen LogP contribution in [-0.4, -0.2) is 9.55 Å². The third-order valence-electron chi connectivity index (χ3n) is 2.87. The van der Waals surface area contributed by atoms with Crippen molar-refractivity contribution in [3.8, 4) is 11.3 Å². The summed E-state index contributed by atoms with van der Waals surface area (Å²) in [5.41, 5.74) is 8.06. The van der Waals surface area contributed by atoms with Crippen LogP contribution in [0.5, 0.6) is 0 Å². The lowest BCUT2D eigenvalue weighted by Crippen LogP contribution is -1.99. The molecular weight excluding hydrogens is 266 g/mol. The molecule has 1 aromatic heterocycles. The van der Waals surface area contributed by atoms with E-state index in [1.807, 2.05) is 30.6 Å². The molecule has 4 heteroatoms. The first-order valence-corrected chi connectivity index (χ1v) is 6.13. The molecule has 0 spiro atoms. The highest BCUT2D eigenvalue weighted by Gasteiger charge is 2.26. The van der Waals surface area contributed by atoms with Crippen molar-refractivity contribution in [1.82, 2.24) is 9.55 Å². The van der Waals surface area contributed by atoms with Crippen molar-refractivity contribution in [2.24, 2.45) is 0 Å². The lowest BCUT2D eigenvalue weighted by Gasteiger charge is -2.03. The quantitative estimate of drug-likeness (QED) is 0.916. The number of benzene rings is 1. The van der Waals surface area contributed by atoms with Crippen molar-refractivity contribution < 1.29 is 0 Å². The lowest BCUT2D eigenvalue weighted by molar-refractivity contribution is 0.751. The minimum Gasteiger partial charge on any atom is -0.383 e. The van der Waals surface area contributed by atoms with E-state index in [4.69, 9.17) is 5.73 Å². The Morgan fingerprint density at radius 1 is 1.38 bits per heavy atom. The van der Waals surface area contributed by atoms with Crippen LogP contribution in [0.15, 0.2) is 35.1 Å². The molecule has 1 saturated carbocycles. The van der Waals surface area contributed by atoms with Gasteiger partial charge in [0, 0.05) is 16.1 Å². The molecule has 82 valence electrons. The highest BCUT2D eigenvalue weighted by Crippen LogP contribution is 2.39. The van der Waals surface area contributed by atoms with Crippen LogP contribution in [0.25, 0.3) is 11.3 Å². The molecule has 0 atom stereocenters. The van der Waals surface area contributed by atoms with Crippen molar-refractivity contribution in [2.75, 3.05) is 5.73 Å². The van der Waals surface area contributed by atoms with E-state index >= 15 is 0 Å². The Bertz CT molecular complexity index is 529. The SMILES string of the molecule is Nc1c(-c2cccc(Br)c2)ncn1C1CC1. The van der Waals surface area contributed by atoms with Crippen LogP contribution in [0.1, 0.15) is 18.9 Å². The summed E-state index contributed by atoms with van der Waals surface area (Å²) in [4.78, 5) is 4.41. The van der Waals surface area contributed by atoms with Gasteiger partial charge in [-0.25, -0.2) is 4.98 Å². The van der Waals surface area contributed by atoms with Gasteiger partial charge in [-0.05, 0) is 25.0 Å². The number of halogens is 1. The Labute approximate surface area is 102 Å². The fraction of sp³-hybridized carbons (Fsp3) is 0.250. The normalized spacial score (nSPS) is 15.3. The fourth-order valence-electron chi connectivity index (χ4n) is 1.87. The summed E-state index contributed by atoms with van der Waals surface area (Å²) in [6.07, 6.45) is 4.29. The van der Waals surface area contributed by atoms with E-state index < -0.39 is 0 Å². The van der Waals surface area contributed by atoms with Gasteiger partial charge in [0.15, 0.2) is 0 Å². The second-order valence-corrected chi connectivity index (χ2v) is 5.04. The van der Waals surface area contributed by atoms with Crippen LogP contribution >= 0.6 is 15.9 Å². The van der Waals surface area contributed by atoms with Gasteiger partial charge in [0.2, 0.25) is 0 Å². The maximum atomic E-state index is 6.11. The second-order valence-electron chi connectivity index (χ2n) is 4.13. The minimum absolute atomic E-state index is 0.577. The smallest absolute Gasteiger partial charge is 0.131 e. The van der Waals surface area contributed by atoms with Crippen LogP contribution in [0.3, 0.4) is 0 Å².